The Hall–Kier alpha value is -0.420. The monoisotopic (exact) mass is 311 g/mol. The molecular weight excluding hydrogens is 290 g/mol. The molecule has 1 N–H and O–H groups in total. The van der Waals surface area contributed by atoms with Crippen LogP contribution in [0.1, 0.15) is 5.56 Å². The number of halogens is 1. The molecule has 18 heavy (non-hydrogen) atoms. The average molecular weight is 312 g/mol. The number of hydrogen-bond acceptors (Lipinski definition) is 3. The third kappa shape index (κ3) is 4.35. The molecular formula is C14H22BrN3. The van der Waals surface area contributed by atoms with Crippen LogP contribution in [0.2, 0.25) is 0 Å². The minimum Gasteiger partial charge on any atom is -0.311 e. The first kappa shape index (κ1) is 14.0. The predicted molar refractivity (Wildman–Crippen MR) is 79.8 cm³/mol. The van der Waals surface area contributed by atoms with E-state index in [1.807, 2.05) is 0 Å². The van der Waals surface area contributed by atoms with Gasteiger partial charge in [0.1, 0.15) is 0 Å². The van der Waals surface area contributed by atoms with Crippen LogP contribution in [-0.2, 0) is 6.54 Å². The Bertz CT molecular complexity index is 362. The Morgan fingerprint density at radius 1 is 1.17 bits per heavy atom. The summed E-state index contributed by atoms with van der Waals surface area (Å²) in [7, 11) is 2.20. The van der Waals surface area contributed by atoms with Gasteiger partial charge in [0.2, 0.25) is 0 Å². The van der Waals surface area contributed by atoms with E-state index in [0.29, 0.717) is 0 Å². The van der Waals surface area contributed by atoms with Gasteiger partial charge in [0, 0.05) is 50.3 Å². The van der Waals surface area contributed by atoms with E-state index in [1.54, 1.807) is 0 Å². The summed E-state index contributed by atoms with van der Waals surface area (Å²) in [5.41, 5.74) is 1.33. The van der Waals surface area contributed by atoms with Crippen LogP contribution in [0.15, 0.2) is 28.7 Å². The number of benzene rings is 1. The number of nitrogens with zero attached hydrogens (tertiary/aromatic N) is 2. The number of hydrogen-bond donors (Lipinski definition) is 1. The fraction of sp³-hybridized carbons (Fsp3) is 0.571. The van der Waals surface area contributed by atoms with Gasteiger partial charge in [0.25, 0.3) is 0 Å². The first-order valence-corrected chi connectivity index (χ1v) is 7.40. The Balaban J connectivity index is 1.63. The zero-order valence-electron chi connectivity index (χ0n) is 11.0. The third-order valence-electron chi connectivity index (χ3n) is 3.47. The molecule has 100 valence electrons. The molecule has 0 aromatic heterocycles. The van der Waals surface area contributed by atoms with Crippen molar-refractivity contribution >= 4 is 15.9 Å². The molecule has 1 aliphatic heterocycles. The molecule has 0 unspecified atom stereocenters. The zero-order valence-corrected chi connectivity index (χ0v) is 12.6. The maximum atomic E-state index is 3.58. The van der Waals surface area contributed by atoms with Crippen LogP contribution < -0.4 is 5.32 Å². The van der Waals surface area contributed by atoms with Crippen molar-refractivity contribution in [1.29, 1.82) is 0 Å². The van der Waals surface area contributed by atoms with E-state index in [4.69, 9.17) is 0 Å². The Morgan fingerprint density at radius 3 is 2.61 bits per heavy atom. The molecule has 0 spiro atoms. The highest BCUT2D eigenvalue weighted by molar-refractivity contribution is 9.10. The summed E-state index contributed by atoms with van der Waals surface area (Å²) in [5, 5.41) is 3.52. The highest BCUT2D eigenvalue weighted by Crippen LogP contribution is 2.15. The predicted octanol–water partition coefficient (Wildman–Crippen LogP) is 1.79. The van der Waals surface area contributed by atoms with Crippen molar-refractivity contribution in [3.8, 4) is 0 Å². The van der Waals surface area contributed by atoms with Crippen molar-refractivity contribution in [3.05, 3.63) is 34.3 Å². The molecule has 0 bridgehead atoms. The van der Waals surface area contributed by atoms with E-state index in [1.165, 1.54) is 36.2 Å². The maximum absolute atomic E-state index is 3.58. The van der Waals surface area contributed by atoms with Crippen molar-refractivity contribution in [2.75, 3.05) is 46.3 Å². The summed E-state index contributed by atoms with van der Waals surface area (Å²) in [6.45, 7) is 7.95. The minimum absolute atomic E-state index is 0.940. The number of likely N-dealkylation sites (N-methyl/N-ethyl adjacent to an activating group) is 1. The molecule has 1 aromatic rings. The van der Waals surface area contributed by atoms with Crippen LogP contribution in [0.3, 0.4) is 0 Å². The molecule has 1 fully saturated rings. The minimum atomic E-state index is 0.940. The topological polar surface area (TPSA) is 18.5 Å². The summed E-state index contributed by atoms with van der Waals surface area (Å²) >= 11 is 3.58. The first-order valence-electron chi connectivity index (χ1n) is 6.61. The van der Waals surface area contributed by atoms with Gasteiger partial charge in [0.15, 0.2) is 0 Å². The van der Waals surface area contributed by atoms with E-state index >= 15 is 0 Å². The third-order valence-corrected chi connectivity index (χ3v) is 4.25. The van der Waals surface area contributed by atoms with Crippen molar-refractivity contribution < 1.29 is 0 Å². The largest absolute Gasteiger partial charge is 0.311 e. The van der Waals surface area contributed by atoms with Gasteiger partial charge >= 0.3 is 0 Å². The van der Waals surface area contributed by atoms with Crippen molar-refractivity contribution in [2.45, 2.75) is 6.54 Å². The van der Waals surface area contributed by atoms with Gasteiger partial charge < -0.3 is 10.2 Å². The lowest BCUT2D eigenvalue weighted by Crippen LogP contribution is -2.46. The van der Waals surface area contributed by atoms with E-state index < -0.39 is 0 Å². The Kier molecular flexibility index (Phi) is 5.63. The van der Waals surface area contributed by atoms with E-state index in [-0.39, 0.29) is 0 Å². The standard InChI is InChI=1S/C14H22BrN3/c1-17-8-10-18(11-9-17)7-6-16-12-13-4-2-3-5-14(13)15/h2-5,16H,6-12H2,1H3. The Labute approximate surface area is 118 Å². The molecule has 1 aliphatic rings. The van der Waals surface area contributed by atoms with Crippen molar-refractivity contribution in [1.82, 2.24) is 15.1 Å². The van der Waals surface area contributed by atoms with Crippen molar-refractivity contribution in [3.63, 3.8) is 0 Å². The SMILES string of the molecule is CN1CCN(CCNCc2ccccc2Br)CC1. The number of nitrogens with one attached hydrogen (secondary N) is 1. The number of piperazine rings is 1. The van der Waals surface area contributed by atoms with Crippen LogP contribution in [0.4, 0.5) is 0 Å². The highest BCUT2D eigenvalue weighted by Gasteiger charge is 2.12. The summed E-state index contributed by atoms with van der Waals surface area (Å²) in [6.07, 6.45) is 0. The van der Waals surface area contributed by atoms with Gasteiger partial charge in [-0.05, 0) is 18.7 Å². The molecule has 1 heterocycles. The fourth-order valence-electron chi connectivity index (χ4n) is 2.17. The normalized spacial score (nSPS) is 18.1. The van der Waals surface area contributed by atoms with E-state index in [9.17, 15) is 0 Å². The second-order valence-electron chi connectivity index (χ2n) is 4.91. The molecule has 1 aromatic carbocycles. The fourth-order valence-corrected chi connectivity index (χ4v) is 2.60. The summed E-state index contributed by atoms with van der Waals surface area (Å²) < 4.78 is 1.19. The van der Waals surface area contributed by atoms with Crippen LogP contribution in [0.5, 0.6) is 0 Å². The smallest absolute Gasteiger partial charge is 0.0220 e. The van der Waals surface area contributed by atoms with Crippen LogP contribution in [0, 0.1) is 0 Å². The van der Waals surface area contributed by atoms with Gasteiger partial charge in [-0.3, -0.25) is 4.90 Å². The number of rotatable bonds is 5. The lowest BCUT2D eigenvalue weighted by Gasteiger charge is -2.32. The molecule has 1 saturated heterocycles. The van der Waals surface area contributed by atoms with Crippen LogP contribution in [0.25, 0.3) is 0 Å². The second kappa shape index (κ2) is 7.24. The average Bonchev–Trinajstić information content (AvgIpc) is 2.39. The molecule has 4 heteroatoms. The van der Waals surface area contributed by atoms with E-state index in [0.717, 1.165) is 19.6 Å². The summed E-state index contributed by atoms with van der Waals surface area (Å²) in [6, 6.07) is 8.39. The molecule has 2 rings (SSSR count). The lowest BCUT2D eigenvalue weighted by atomic mass is 10.2. The lowest BCUT2D eigenvalue weighted by molar-refractivity contribution is 0.154. The first-order chi connectivity index (χ1) is 8.75. The van der Waals surface area contributed by atoms with Crippen LogP contribution >= 0.6 is 15.9 Å². The maximum Gasteiger partial charge on any atom is 0.0220 e. The van der Waals surface area contributed by atoms with Gasteiger partial charge in [0.05, 0.1) is 0 Å². The molecule has 0 radical (unpaired) electrons. The molecule has 0 atom stereocenters. The zero-order chi connectivity index (χ0) is 12.8. The quantitative estimate of drug-likeness (QED) is 0.836. The van der Waals surface area contributed by atoms with Gasteiger partial charge in [-0.25, -0.2) is 0 Å². The second-order valence-corrected chi connectivity index (χ2v) is 5.77. The van der Waals surface area contributed by atoms with Crippen LogP contribution in [-0.4, -0.2) is 56.1 Å². The van der Waals surface area contributed by atoms with Gasteiger partial charge in [-0.1, -0.05) is 34.1 Å². The molecule has 0 amide bonds. The highest BCUT2D eigenvalue weighted by atomic mass is 79.9. The molecule has 3 nitrogen and oxygen atoms in total. The Morgan fingerprint density at radius 2 is 1.89 bits per heavy atom. The van der Waals surface area contributed by atoms with Gasteiger partial charge in [-0.2, -0.15) is 0 Å². The molecule has 0 saturated carbocycles. The van der Waals surface area contributed by atoms with E-state index in [2.05, 4.69) is 62.4 Å². The summed E-state index contributed by atoms with van der Waals surface area (Å²) in [4.78, 5) is 4.93. The summed E-state index contributed by atoms with van der Waals surface area (Å²) in [5.74, 6) is 0. The molecule has 0 aliphatic carbocycles. The van der Waals surface area contributed by atoms with Gasteiger partial charge in [-0.15, -0.1) is 0 Å². The van der Waals surface area contributed by atoms with Crippen molar-refractivity contribution in [2.24, 2.45) is 0 Å².